The van der Waals surface area contributed by atoms with Crippen LogP contribution in [-0.2, 0) is 10.0 Å². The Morgan fingerprint density at radius 3 is 2.29 bits per heavy atom. The zero-order chi connectivity index (χ0) is 15.8. The van der Waals surface area contributed by atoms with Crippen LogP contribution >= 0.6 is 31.9 Å². The molecule has 0 amide bonds. The molecule has 0 aromatic heterocycles. The van der Waals surface area contributed by atoms with Crippen LogP contribution in [0.1, 0.15) is 11.1 Å². The number of phenols is 1. The summed E-state index contributed by atoms with van der Waals surface area (Å²) in [6.45, 7) is 3.60. The topological polar surface area (TPSA) is 66.4 Å². The van der Waals surface area contributed by atoms with Gasteiger partial charge in [0.05, 0.1) is 5.69 Å². The molecular weight excluding hydrogens is 422 g/mol. The molecule has 2 aromatic carbocycles. The predicted octanol–water partition coefficient (Wildman–Crippen LogP) is 4.33. The molecule has 0 atom stereocenters. The van der Waals surface area contributed by atoms with Crippen molar-refractivity contribution in [3.05, 3.63) is 50.4 Å². The predicted molar refractivity (Wildman–Crippen MR) is 90.2 cm³/mol. The van der Waals surface area contributed by atoms with Gasteiger partial charge in [-0.05, 0) is 71.2 Å². The summed E-state index contributed by atoms with van der Waals surface area (Å²) in [4.78, 5) is 0.146. The Kier molecular flexibility index (Phi) is 4.65. The molecule has 21 heavy (non-hydrogen) atoms. The number of hydrogen-bond acceptors (Lipinski definition) is 3. The summed E-state index contributed by atoms with van der Waals surface area (Å²) in [5.74, 6) is 0.0923. The maximum absolute atomic E-state index is 12.5. The Labute approximate surface area is 140 Å². The van der Waals surface area contributed by atoms with Gasteiger partial charge < -0.3 is 5.11 Å². The molecule has 0 aliphatic carbocycles. The number of nitrogens with one attached hydrogen (secondary N) is 1. The lowest BCUT2D eigenvalue weighted by Gasteiger charge is -2.13. The Bertz CT molecular complexity index is 804. The third kappa shape index (κ3) is 3.59. The van der Waals surface area contributed by atoms with Gasteiger partial charge in [0, 0.05) is 8.95 Å². The van der Waals surface area contributed by atoms with Crippen LogP contribution in [0.25, 0.3) is 0 Å². The molecule has 2 aromatic rings. The zero-order valence-electron chi connectivity index (χ0n) is 11.3. The van der Waals surface area contributed by atoms with E-state index >= 15 is 0 Å². The van der Waals surface area contributed by atoms with E-state index in [0.29, 0.717) is 20.2 Å². The summed E-state index contributed by atoms with van der Waals surface area (Å²) in [6.07, 6.45) is 0. The second kappa shape index (κ2) is 5.98. The molecule has 0 bridgehead atoms. The molecule has 0 heterocycles. The number of aromatic hydroxyl groups is 1. The van der Waals surface area contributed by atoms with Crippen molar-refractivity contribution in [2.75, 3.05) is 4.72 Å². The largest absolute Gasteiger partial charge is 0.508 e. The number of anilines is 1. The first kappa shape index (κ1) is 16.3. The monoisotopic (exact) mass is 433 g/mol. The van der Waals surface area contributed by atoms with E-state index in [4.69, 9.17) is 0 Å². The number of benzene rings is 2. The van der Waals surface area contributed by atoms with E-state index in [1.54, 1.807) is 19.1 Å². The van der Waals surface area contributed by atoms with Crippen molar-refractivity contribution in [3.63, 3.8) is 0 Å². The minimum absolute atomic E-state index is 0.0923. The van der Waals surface area contributed by atoms with E-state index in [2.05, 4.69) is 36.6 Å². The van der Waals surface area contributed by atoms with E-state index in [-0.39, 0.29) is 10.6 Å². The molecule has 0 radical (unpaired) electrons. The summed E-state index contributed by atoms with van der Waals surface area (Å²) >= 11 is 6.62. The van der Waals surface area contributed by atoms with Crippen molar-refractivity contribution in [2.45, 2.75) is 18.7 Å². The summed E-state index contributed by atoms with van der Waals surface area (Å²) in [5.41, 5.74) is 2.00. The first-order valence-corrected chi connectivity index (χ1v) is 9.06. The van der Waals surface area contributed by atoms with Gasteiger partial charge in [0.25, 0.3) is 10.0 Å². The third-order valence-corrected chi connectivity index (χ3v) is 6.14. The molecule has 4 nitrogen and oxygen atoms in total. The molecular formula is C14H13Br2NO3S. The highest BCUT2D eigenvalue weighted by molar-refractivity contribution is 9.11. The van der Waals surface area contributed by atoms with Crippen molar-refractivity contribution in [1.82, 2.24) is 0 Å². The Balaban J connectivity index is 2.46. The molecule has 0 aliphatic heterocycles. The van der Waals surface area contributed by atoms with Crippen molar-refractivity contribution in [1.29, 1.82) is 0 Å². The highest BCUT2D eigenvalue weighted by Crippen LogP contribution is 2.31. The molecule has 2 rings (SSSR count). The van der Waals surface area contributed by atoms with Crippen molar-refractivity contribution in [3.8, 4) is 5.75 Å². The van der Waals surface area contributed by atoms with Gasteiger partial charge in [0.1, 0.15) is 10.6 Å². The van der Waals surface area contributed by atoms with Crippen LogP contribution in [0, 0.1) is 13.8 Å². The van der Waals surface area contributed by atoms with Crippen LogP contribution in [-0.4, -0.2) is 13.5 Å². The van der Waals surface area contributed by atoms with Crippen LogP contribution in [0.2, 0.25) is 0 Å². The highest BCUT2D eigenvalue weighted by Gasteiger charge is 2.20. The molecule has 0 aliphatic rings. The third-order valence-electron chi connectivity index (χ3n) is 2.96. The standard InChI is InChI=1S/C14H13Br2NO3S/c1-8-6-12(16)14(7-11(8)15)21(19,20)17-13-4-3-10(18)5-9(13)2/h3-7,17-18H,1-2H3. The molecule has 0 saturated carbocycles. The second-order valence-electron chi connectivity index (χ2n) is 4.64. The summed E-state index contributed by atoms with van der Waals surface area (Å²) in [7, 11) is -3.73. The number of hydrogen-bond donors (Lipinski definition) is 2. The SMILES string of the molecule is Cc1cc(Br)c(S(=O)(=O)Nc2ccc(O)cc2C)cc1Br. The van der Waals surface area contributed by atoms with E-state index < -0.39 is 10.0 Å². The molecule has 0 unspecified atom stereocenters. The lowest BCUT2D eigenvalue weighted by Crippen LogP contribution is -2.14. The normalized spacial score (nSPS) is 11.4. The lowest BCUT2D eigenvalue weighted by atomic mass is 10.2. The van der Waals surface area contributed by atoms with E-state index in [9.17, 15) is 13.5 Å². The van der Waals surface area contributed by atoms with E-state index in [0.717, 1.165) is 5.56 Å². The van der Waals surface area contributed by atoms with Gasteiger partial charge in [-0.15, -0.1) is 0 Å². The average molecular weight is 435 g/mol. The summed E-state index contributed by atoms with van der Waals surface area (Å²) < 4.78 is 28.7. The summed E-state index contributed by atoms with van der Waals surface area (Å²) in [5, 5.41) is 9.37. The molecule has 2 N–H and O–H groups in total. The molecule has 112 valence electrons. The Morgan fingerprint density at radius 2 is 1.67 bits per heavy atom. The number of aryl methyl sites for hydroxylation is 2. The highest BCUT2D eigenvalue weighted by atomic mass is 79.9. The number of halogens is 2. The van der Waals surface area contributed by atoms with Crippen LogP contribution in [0.4, 0.5) is 5.69 Å². The van der Waals surface area contributed by atoms with Gasteiger partial charge in [-0.3, -0.25) is 4.72 Å². The number of phenolic OH excluding ortho intramolecular Hbond substituents is 1. The van der Waals surface area contributed by atoms with Crippen molar-refractivity contribution < 1.29 is 13.5 Å². The first-order valence-electron chi connectivity index (χ1n) is 5.99. The van der Waals surface area contributed by atoms with Crippen LogP contribution in [0.3, 0.4) is 0 Å². The summed E-state index contributed by atoms with van der Waals surface area (Å²) in [6, 6.07) is 7.75. The van der Waals surface area contributed by atoms with Gasteiger partial charge >= 0.3 is 0 Å². The van der Waals surface area contributed by atoms with Gasteiger partial charge in [-0.25, -0.2) is 8.42 Å². The maximum atomic E-state index is 12.5. The quantitative estimate of drug-likeness (QED) is 0.706. The minimum Gasteiger partial charge on any atom is -0.508 e. The molecule has 0 fully saturated rings. The molecule has 0 spiro atoms. The fraction of sp³-hybridized carbons (Fsp3) is 0.143. The van der Waals surface area contributed by atoms with E-state index in [1.807, 2.05) is 6.92 Å². The average Bonchev–Trinajstić information content (AvgIpc) is 2.37. The lowest BCUT2D eigenvalue weighted by molar-refractivity contribution is 0.475. The maximum Gasteiger partial charge on any atom is 0.263 e. The van der Waals surface area contributed by atoms with Crippen molar-refractivity contribution in [2.24, 2.45) is 0 Å². The Hall–Kier alpha value is -1.05. The van der Waals surface area contributed by atoms with Gasteiger partial charge in [0.2, 0.25) is 0 Å². The van der Waals surface area contributed by atoms with Crippen molar-refractivity contribution >= 4 is 47.6 Å². The van der Waals surface area contributed by atoms with Gasteiger partial charge in [-0.1, -0.05) is 15.9 Å². The first-order chi connectivity index (χ1) is 9.70. The van der Waals surface area contributed by atoms with Gasteiger partial charge in [0.15, 0.2) is 0 Å². The second-order valence-corrected chi connectivity index (χ2v) is 8.00. The van der Waals surface area contributed by atoms with Gasteiger partial charge in [-0.2, -0.15) is 0 Å². The fourth-order valence-corrected chi connectivity index (χ4v) is 4.61. The van der Waals surface area contributed by atoms with Crippen LogP contribution in [0.5, 0.6) is 5.75 Å². The van der Waals surface area contributed by atoms with Crippen LogP contribution < -0.4 is 4.72 Å². The number of rotatable bonds is 3. The van der Waals surface area contributed by atoms with E-state index in [1.165, 1.54) is 18.2 Å². The smallest absolute Gasteiger partial charge is 0.263 e. The van der Waals surface area contributed by atoms with Crippen LogP contribution in [0.15, 0.2) is 44.2 Å². The fourth-order valence-electron chi connectivity index (χ4n) is 1.80. The Morgan fingerprint density at radius 1 is 1.00 bits per heavy atom. The number of sulfonamides is 1. The molecule has 0 saturated heterocycles. The molecule has 7 heteroatoms. The zero-order valence-corrected chi connectivity index (χ0v) is 15.3. The minimum atomic E-state index is -3.73.